The Morgan fingerprint density at radius 2 is 2.00 bits per heavy atom. The Balaban J connectivity index is 2.24. The van der Waals surface area contributed by atoms with Crippen LogP contribution in [0.3, 0.4) is 0 Å². The number of benzene rings is 1. The van der Waals surface area contributed by atoms with Crippen LogP contribution in [-0.4, -0.2) is 5.78 Å². The standard InChI is InChI=1S/C14H9ClOS/c1-10-4-2-3-5-12(10)13(16)8-6-11-7-9-14(15)17-11/h2-5,7,9H,1H3. The number of carbonyl (C=O) groups is 1. The molecule has 0 aliphatic carbocycles. The molecule has 0 aliphatic rings. The van der Waals surface area contributed by atoms with Gasteiger partial charge in [-0.3, -0.25) is 4.79 Å². The predicted molar refractivity (Wildman–Crippen MR) is 71.7 cm³/mol. The molecule has 0 aliphatic heterocycles. The van der Waals surface area contributed by atoms with Crippen LogP contribution in [0.4, 0.5) is 0 Å². The molecule has 0 unspecified atom stereocenters. The molecule has 0 N–H and O–H groups in total. The van der Waals surface area contributed by atoms with E-state index in [1.165, 1.54) is 11.3 Å². The van der Waals surface area contributed by atoms with Gasteiger partial charge in [-0.2, -0.15) is 0 Å². The van der Waals surface area contributed by atoms with Gasteiger partial charge in [-0.25, -0.2) is 0 Å². The number of hydrogen-bond donors (Lipinski definition) is 0. The maximum atomic E-state index is 11.8. The summed E-state index contributed by atoms with van der Waals surface area (Å²) in [5, 5.41) is 0. The Bertz CT molecular complexity index is 616. The highest BCUT2D eigenvalue weighted by Crippen LogP contribution is 2.20. The van der Waals surface area contributed by atoms with Crippen molar-refractivity contribution in [3.8, 4) is 11.8 Å². The van der Waals surface area contributed by atoms with E-state index in [-0.39, 0.29) is 5.78 Å². The summed E-state index contributed by atoms with van der Waals surface area (Å²) in [6.45, 7) is 1.90. The Morgan fingerprint density at radius 1 is 1.24 bits per heavy atom. The van der Waals surface area contributed by atoms with Crippen molar-refractivity contribution in [2.75, 3.05) is 0 Å². The molecule has 84 valence electrons. The summed E-state index contributed by atoms with van der Waals surface area (Å²) in [4.78, 5) is 12.6. The lowest BCUT2D eigenvalue weighted by molar-refractivity contribution is 0.105. The van der Waals surface area contributed by atoms with Crippen LogP contribution >= 0.6 is 22.9 Å². The highest BCUT2D eigenvalue weighted by Gasteiger charge is 2.04. The average Bonchev–Trinajstić information content (AvgIpc) is 2.73. The minimum atomic E-state index is -0.160. The second-order valence-electron chi connectivity index (χ2n) is 3.50. The average molecular weight is 261 g/mol. The Kier molecular flexibility index (Phi) is 3.63. The minimum absolute atomic E-state index is 0.160. The topological polar surface area (TPSA) is 17.1 Å². The second kappa shape index (κ2) is 5.18. The number of halogens is 1. The fraction of sp³-hybridized carbons (Fsp3) is 0.0714. The molecule has 2 rings (SSSR count). The molecule has 0 saturated heterocycles. The van der Waals surface area contributed by atoms with E-state index in [2.05, 4.69) is 11.8 Å². The van der Waals surface area contributed by atoms with E-state index in [1.54, 1.807) is 12.1 Å². The molecule has 0 radical (unpaired) electrons. The first-order chi connectivity index (χ1) is 8.16. The van der Waals surface area contributed by atoms with Crippen molar-refractivity contribution >= 4 is 28.7 Å². The van der Waals surface area contributed by atoms with E-state index < -0.39 is 0 Å². The summed E-state index contributed by atoms with van der Waals surface area (Å²) >= 11 is 7.15. The predicted octanol–water partition coefficient (Wildman–Crippen LogP) is 3.94. The highest BCUT2D eigenvalue weighted by molar-refractivity contribution is 7.16. The van der Waals surface area contributed by atoms with Gasteiger partial charge in [-0.05, 0) is 36.5 Å². The molecule has 17 heavy (non-hydrogen) atoms. The van der Waals surface area contributed by atoms with Crippen LogP contribution in [0, 0.1) is 18.8 Å². The number of thiophene rings is 1. The van der Waals surface area contributed by atoms with Gasteiger partial charge in [-0.1, -0.05) is 35.9 Å². The van der Waals surface area contributed by atoms with Crippen molar-refractivity contribution in [1.29, 1.82) is 0 Å². The van der Waals surface area contributed by atoms with Crippen molar-refractivity contribution in [2.24, 2.45) is 0 Å². The third-order valence-corrected chi connectivity index (χ3v) is 3.41. The van der Waals surface area contributed by atoms with E-state index in [0.29, 0.717) is 9.90 Å². The number of aryl methyl sites for hydroxylation is 1. The van der Waals surface area contributed by atoms with Crippen LogP contribution in [-0.2, 0) is 0 Å². The van der Waals surface area contributed by atoms with Gasteiger partial charge in [0.25, 0.3) is 0 Å². The van der Waals surface area contributed by atoms with Gasteiger partial charge < -0.3 is 0 Å². The minimum Gasteiger partial charge on any atom is -0.279 e. The first-order valence-electron chi connectivity index (χ1n) is 5.04. The van der Waals surface area contributed by atoms with Crippen LogP contribution in [0.25, 0.3) is 0 Å². The summed E-state index contributed by atoms with van der Waals surface area (Å²) in [6.07, 6.45) is 0. The summed E-state index contributed by atoms with van der Waals surface area (Å²) in [5.41, 5.74) is 1.60. The van der Waals surface area contributed by atoms with Crippen LogP contribution in [0.15, 0.2) is 36.4 Å². The van der Waals surface area contributed by atoms with Crippen LogP contribution in [0.1, 0.15) is 20.8 Å². The number of hydrogen-bond acceptors (Lipinski definition) is 2. The van der Waals surface area contributed by atoms with E-state index >= 15 is 0 Å². The van der Waals surface area contributed by atoms with E-state index in [0.717, 1.165) is 10.4 Å². The summed E-state index contributed by atoms with van der Waals surface area (Å²) in [6, 6.07) is 11.0. The molecule has 0 spiro atoms. The molecule has 3 heteroatoms. The molecule has 0 bridgehead atoms. The third kappa shape index (κ3) is 2.97. The number of rotatable bonds is 1. The van der Waals surface area contributed by atoms with Crippen LogP contribution < -0.4 is 0 Å². The molecule has 0 fully saturated rings. The lowest BCUT2D eigenvalue weighted by Crippen LogP contribution is -1.97. The molecular weight excluding hydrogens is 252 g/mol. The summed E-state index contributed by atoms with van der Waals surface area (Å²) < 4.78 is 0.678. The zero-order chi connectivity index (χ0) is 12.3. The normalized spacial score (nSPS) is 9.53. The van der Waals surface area contributed by atoms with Gasteiger partial charge in [0.05, 0.1) is 9.21 Å². The molecule has 0 amide bonds. The van der Waals surface area contributed by atoms with Crippen molar-refractivity contribution in [1.82, 2.24) is 0 Å². The molecule has 0 atom stereocenters. The fourth-order valence-electron chi connectivity index (χ4n) is 1.39. The SMILES string of the molecule is Cc1ccccc1C(=O)C#Cc1ccc(Cl)s1. The smallest absolute Gasteiger partial charge is 0.236 e. The molecular formula is C14H9ClOS. The summed E-state index contributed by atoms with van der Waals surface area (Å²) in [5.74, 6) is 5.30. The van der Waals surface area contributed by atoms with Crippen molar-refractivity contribution < 1.29 is 4.79 Å². The molecule has 1 nitrogen and oxygen atoms in total. The maximum Gasteiger partial charge on any atom is 0.236 e. The quantitative estimate of drug-likeness (QED) is 0.561. The third-order valence-electron chi connectivity index (χ3n) is 2.26. The van der Waals surface area contributed by atoms with Gasteiger partial charge in [-0.15, -0.1) is 11.3 Å². The number of Topliss-reactive ketones (excluding diaryl/α,β-unsaturated/α-hetero) is 1. The van der Waals surface area contributed by atoms with Gasteiger partial charge in [0.15, 0.2) is 0 Å². The fourth-order valence-corrected chi connectivity index (χ4v) is 2.29. The largest absolute Gasteiger partial charge is 0.279 e. The van der Waals surface area contributed by atoms with Crippen molar-refractivity contribution in [3.63, 3.8) is 0 Å². The Hall–Kier alpha value is -1.56. The lowest BCUT2D eigenvalue weighted by Gasteiger charge is -1.97. The van der Waals surface area contributed by atoms with E-state index in [1.807, 2.05) is 31.2 Å². The zero-order valence-corrected chi connectivity index (χ0v) is 10.7. The lowest BCUT2D eigenvalue weighted by atomic mass is 10.1. The number of carbonyl (C=O) groups excluding carboxylic acids is 1. The van der Waals surface area contributed by atoms with E-state index in [9.17, 15) is 4.79 Å². The first kappa shape index (κ1) is 11.9. The van der Waals surface area contributed by atoms with Crippen LogP contribution in [0.2, 0.25) is 4.34 Å². The van der Waals surface area contributed by atoms with E-state index in [4.69, 9.17) is 11.6 Å². The van der Waals surface area contributed by atoms with Gasteiger partial charge in [0.2, 0.25) is 5.78 Å². The Labute approximate surface area is 109 Å². The second-order valence-corrected chi connectivity index (χ2v) is 5.21. The van der Waals surface area contributed by atoms with Gasteiger partial charge in [0.1, 0.15) is 0 Å². The number of ketones is 1. The van der Waals surface area contributed by atoms with Crippen LogP contribution in [0.5, 0.6) is 0 Å². The summed E-state index contributed by atoms with van der Waals surface area (Å²) in [7, 11) is 0. The monoisotopic (exact) mass is 260 g/mol. The Morgan fingerprint density at radius 3 is 2.65 bits per heavy atom. The van der Waals surface area contributed by atoms with Gasteiger partial charge >= 0.3 is 0 Å². The molecule has 1 aromatic heterocycles. The van der Waals surface area contributed by atoms with Crippen molar-refractivity contribution in [3.05, 3.63) is 56.7 Å². The highest BCUT2D eigenvalue weighted by atomic mass is 35.5. The zero-order valence-electron chi connectivity index (χ0n) is 9.16. The van der Waals surface area contributed by atoms with Gasteiger partial charge in [0, 0.05) is 5.56 Å². The van der Waals surface area contributed by atoms with Crippen molar-refractivity contribution in [2.45, 2.75) is 6.92 Å². The molecule has 0 saturated carbocycles. The molecule has 1 aromatic carbocycles. The first-order valence-corrected chi connectivity index (χ1v) is 6.23. The molecule has 1 heterocycles. The molecule has 2 aromatic rings. The maximum absolute atomic E-state index is 11.8.